The monoisotopic (exact) mass is 315 g/mol. The van der Waals surface area contributed by atoms with Crippen LogP contribution in [0.15, 0.2) is 53.3 Å². The first-order chi connectivity index (χ1) is 9.20. The van der Waals surface area contributed by atoms with Crippen molar-refractivity contribution in [3.8, 4) is 6.07 Å². The van der Waals surface area contributed by atoms with Crippen LogP contribution in [0.2, 0.25) is 0 Å². The molecule has 5 heteroatoms. The summed E-state index contributed by atoms with van der Waals surface area (Å²) in [5.74, 6) is -0.307. The van der Waals surface area contributed by atoms with Gasteiger partial charge >= 0.3 is 0 Å². The average molecular weight is 316 g/mol. The van der Waals surface area contributed by atoms with Gasteiger partial charge in [0.1, 0.15) is 10.6 Å². The van der Waals surface area contributed by atoms with E-state index in [0.29, 0.717) is 10.2 Å². The van der Waals surface area contributed by atoms with Crippen LogP contribution in [-0.2, 0) is 0 Å². The minimum Gasteiger partial charge on any atom is -0.332 e. The molecule has 94 valence electrons. The molecule has 4 nitrogen and oxygen atoms in total. The summed E-state index contributed by atoms with van der Waals surface area (Å²) in [5, 5.41) is 11.8. The lowest BCUT2D eigenvalue weighted by Gasteiger charge is -2.11. The Morgan fingerprint density at radius 1 is 1.32 bits per heavy atom. The maximum atomic E-state index is 12.0. The summed E-state index contributed by atoms with van der Waals surface area (Å²) in [5.41, 5.74) is 1.21. The maximum Gasteiger partial charge on any atom is 0.252 e. The van der Waals surface area contributed by atoms with Crippen molar-refractivity contribution in [1.29, 1.82) is 5.26 Å². The molecule has 0 aliphatic rings. The highest BCUT2D eigenvalue weighted by molar-refractivity contribution is 9.10. The maximum absolute atomic E-state index is 12.0. The van der Waals surface area contributed by atoms with Crippen molar-refractivity contribution in [1.82, 2.24) is 10.3 Å². The second kappa shape index (κ2) is 6.12. The minimum absolute atomic E-state index is 0.307. The Bertz CT molecular complexity index is 622. The number of carbonyl (C=O) groups excluding carboxylic acids is 1. The van der Waals surface area contributed by atoms with Crippen LogP contribution in [0.25, 0.3) is 0 Å². The van der Waals surface area contributed by atoms with Crippen molar-refractivity contribution in [2.24, 2.45) is 0 Å². The molecule has 0 aliphatic heterocycles. The van der Waals surface area contributed by atoms with Gasteiger partial charge in [0.2, 0.25) is 0 Å². The number of carbonyl (C=O) groups is 1. The van der Waals surface area contributed by atoms with Gasteiger partial charge in [-0.05, 0) is 33.6 Å². The molecule has 0 saturated carbocycles. The number of nitrogens with zero attached hydrogens (tertiary/aromatic N) is 2. The summed E-state index contributed by atoms with van der Waals surface area (Å²) < 4.78 is 0.577. The SMILES string of the molecule is N#CC(NC(=O)c1ccnc(Br)c1)c1ccccc1. The van der Waals surface area contributed by atoms with Gasteiger partial charge in [0.25, 0.3) is 5.91 Å². The molecule has 2 rings (SSSR count). The van der Waals surface area contributed by atoms with E-state index in [9.17, 15) is 4.79 Å². The molecule has 1 unspecified atom stereocenters. The molecule has 0 spiro atoms. The van der Waals surface area contributed by atoms with Crippen molar-refractivity contribution in [3.05, 3.63) is 64.4 Å². The molecule has 1 heterocycles. The molecule has 1 atom stereocenters. The van der Waals surface area contributed by atoms with Crippen molar-refractivity contribution in [2.75, 3.05) is 0 Å². The van der Waals surface area contributed by atoms with Gasteiger partial charge in [-0.15, -0.1) is 0 Å². The molecule has 1 amide bonds. The lowest BCUT2D eigenvalue weighted by atomic mass is 10.1. The molecular weight excluding hydrogens is 306 g/mol. The molecule has 1 aromatic heterocycles. The number of nitrogens with one attached hydrogen (secondary N) is 1. The van der Waals surface area contributed by atoms with E-state index in [1.807, 2.05) is 18.2 Å². The Kier molecular flexibility index (Phi) is 4.26. The third-order valence-corrected chi connectivity index (χ3v) is 2.96. The third kappa shape index (κ3) is 3.39. The lowest BCUT2D eigenvalue weighted by Crippen LogP contribution is -2.27. The fourth-order valence-electron chi connectivity index (χ4n) is 1.59. The summed E-state index contributed by atoms with van der Waals surface area (Å²) in [7, 11) is 0. The van der Waals surface area contributed by atoms with E-state index < -0.39 is 6.04 Å². The van der Waals surface area contributed by atoms with E-state index >= 15 is 0 Å². The highest BCUT2D eigenvalue weighted by Crippen LogP contribution is 2.13. The van der Waals surface area contributed by atoms with Gasteiger partial charge in [0.05, 0.1) is 6.07 Å². The third-order valence-electron chi connectivity index (χ3n) is 2.53. The number of aromatic nitrogens is 1. The van der Waals surface area contributed by atoms with Crippen LogP contribution in [-0.4, -0.2) is 10.9 Å². The Balaban J connectivity index is 2.16. The molecular formula is C14H10BrN3O. The Morgan fingerprint density at radius 3 is 2.68 bits per heavy atom. The van der Waals surface area contributed by atoms with Crippen LogP contribution in [0.4, 0.5) is 0 Å². The van der Waals surface area contributed by atoms with E-state index in [1.165, 1.54) is 6.20 Å². The van der Waals surface area contributed by atoms with Crippen LogP contribution < -0.4 is 5.32 Å². The van der Waals surface area contributed by atoms with Gasteiger partial charge < -0.3 is 5.32 Å². The standard InChI is InChI=1S/C14H10BrN3O/c15-13-8-11(6-7-17-13)14(19)18-12(9-16)10-4-2-1-3-5-10/h1-8,12H,(H,18,19). The van der Waals surface area contributed by atoms with Gasteiger partial charge in [0, 0.05) is 11.8 Å². The van der Waals surface area contributed by atoms with E-state index in [4.69, 9.17) is 5.26 Å². The van der Waals surface area contributed by atoms with E-state index in [1.54, 1.807) is 24.3 Å². The summed E-state index contributed by atoms with van der Waals surface area (Å²) in [6.45, 7) is 0. The second-order valence-corrected chi connectivity index (χ2v) is 4.63. The molecule has 19 heavy (non-hydrogen) atoms. The number of pyridine rings is 1. The molecule has 1 N–H and O–H groups in total. The van der Waals surface area contributed by atoms with E-state index in [0.717, 1.165) is 5.56 Å². The number of benzene rings is 1. The number of amides is 1. The van der Waals surface area contributed by atoms with Crippen LogP contribution in [0.1, 0.15) is 22.0 Å². The van der Waals surface area contributed by atoms with Crippen molar-refractivity contribution in [2.45, 2.75) is 6.04 Å². The first-order valence-corrected chi connectivity index (χ1v) is 6.37. The smallest absolute Gasteiger partial charge is 0.252 e. The number of hydrogen-bond donors (Lipinski definition) is 1. The Morgan fingerprint density at radius 2 is 2.05 bits per heavy atom. The normalized spacial score (nSPS) is 11.4. The summed E-state index contributed by atoms with van der Waals surface area (Å²) in [4.78, 5) is 16.0. The Labute approximate surface area is 119 Å². The van der Waals surface area contributed by atoms with Crippen LogP contribution in [0, 0.1) is 11.3 Å². The first kappa shape index (κ1) is 13.2. The number of nitriles is 1. The van der Waals surface area contributed by atoms with Crippen LogP contribution in [0.3, 0.4) is 0 Å². The summed E-state index contributed by atoms with van der Waals surface area (Å²) >= 11 is 3.20. The van der Waals surface area contributed by atoms with Crippen molar-refractivity contribution in [3.63, 3.8) is 0 Å². The fraction of sp³-hybridized carbons (Fsp3) is 0.0714. The van der Waals surface area contributed by atoms with Gasteiger partial charge in [0.15, 0.2) is 0 Å². The molecule has 0 fully saturated rings. The topological polar surface area (TPSA) is 65.8 Å². The van der Waals surface area contributed by atoms with Gasteiger partial charge in [-0.1, -0.05) is 30.3 Å². The highest BCUT2D eigenvalue weighted by atomic mass is 79.9. The zero-order valence-corrected chi connectivity index (χ0v) is 11.5. The fourth-order valence-corrected chi connectivity index (χ4v) is 1.96. The molecule has 1 aromatic carbocycles. The number of halogens is 1. The average Bonchev–Trinajstić information content (AvgIpc) is 2.45. The molecule has 0 radical (unpaired) electrons. The second-order valence-electron chi connectivity index (χ2n) is 3.81. The van der Waals surface area contributed by atoms with E-state index in [2.05, 4.69) is 32.3 Å². The van der Waals surface area contributed by atoms with Crippen molar-refractivity contribution >= 4 is 21.8 Å². The summed E-state index contributed by atoms with van der Waals surface area (Å²) in [6.07, 6.45) is 1.53. The molecule has 0 aliphatic carbocycles. The lowest BCUT2D eigenvalue weighted by molar-refractivity contribution is 0.0945. The molecule has 0 saturated heterocycles. The van der Waals surface area contributed by atoms with Gasteiger partial charge in [-0.3, -0.25) is 4.79 Å². The summed E-state index contributed by atoms with van der Waals surface area (Å²) in [6, 6.07) is 13.7. The van der Waals surface area contributed by atoms with E-state index in [-0.39, 0.29) is 5.91 Å². The quantitative estimate of drug-likeness (QED) is 0.886. The zero-order valence-electron chi connectivity index (χ0n) is 9.88. The first-order valence-electron chi connectivity index (χ1n) is 5.57. The number of rotatable bonds is 3. The minimum atomic E-state index is -0.666. The Hall–Kier alpha value is -2.19. The predicted molar refractivity (Wildman–Crippen MR) is 74.2 cm³/mol. The predicted octanol–water partition coefficient (Wildman–Crippen LogP) is 2.84. The highest BCUT2D eigenvalue weighted by Gasteiger charge is 2.14. The van der Waals surface area contributed by atoms with Gasteiger partial charge in [-0.25, -0.2) is 4.98 Å². The van der Waals surface area contributed by atoms with Gasteiger partial charge in [-0.2, -0.15) is 5.26 Å². The van der Waals surface area contributed by atoms with Crippen molar-refractivity contribution < 1.29 is 4.79 Å². The number of hydrogen-bond acceptors (Lipinski definition) is 3. The molecule has 2 aromatic rings. The van der Waals surface area contributed by atoms with Crippen LogP contribution in [0.5, 0.6) is 0 Å². The van der Waals surface area contributed by atoms with Crippen LogP contribution >= 0.6 is 15.9 Å². The zero-order chi connectivity index (χ0) is 13.7. The largest absolute Gasteiger partial charge is 0.332 e. The molecule has 0 bridgehead atoms.